The van der Waals surface area contributed by atoms with Gasteiger partial charge in [0.2, 0.25) is 0 Å². The van der Waals surface area contributed by atoms with Gasteiger partial charge in [0.15, 0.2) is 0 Å². The van der Waals surface area contributed by atoms with Crippen molar-refractivity contribution in [1.82, 2.24) is 5.32 Å². The fourth-order valence-corrected chi connectivity index (χ4v) is 5.16. The van der Waals surface area contributed by atoms with E-state index >= 15 is 0 Å². The van der Waals surface area contributed by atoms with Crippen LogP contribution in [0.15, 0.2) is 0 Å². The van der Waals surface area contributed by atoms with Crippen LogP contribution in [-0.4, -0.2) is 59.4 Å². The maximum Gasteiger partial charge on any atom is 0.300 e. The number of carbonyl (C=O) groups is 3. The van der Waals surface area contributed by atoms with Crippen molar-refractivity contribution in [2.75, 3.05) is 26.2 Å². The van der Waals surface area contributed by atoms with Crippen LogP contribution in [0.5, 0.6) is 0 Å². The summed E-state index contributed by atoms with van der Waals surface area (Å²) in [7, 11) is 0. The maximum absolute atomic E-state index is 9.00. The Balaban J connectivity index is -0.0000000862. The highest BCUT2D eigenvalue weighted by molar-refractivity contribution is 5.63. The number of unbranched alkanes of at least 4 members (excludes halogenated alkanes) is 28. The molecule has 0 fully saturated rings. The third-order valence-corrected chi connectivity index (χ3v) is 8.47. The highest BCUT2D eigenvalue weighted by Crippen LogP contribution is 2.10. The molecule has 0 atom stereocenters. The number of aliphatic carboxylic acids is 3. The van der Waals surface area contributed by atoms with Gasteiger partial charge >= 0.3 is 0 Å². The molecule has 0 aromatic rings. The molecule has 0 aliphatic heterocycles. The largest absolute Gasteiger partial charge is 0.481 e. The van der Waals surface area contributed by atoms with E-state index in [1.165, 1.54) is 205 Å². The molecule has 0 aliphatic rings. The van der Waals surface area contributed by atoms with E-state index in [0.717, 1.165) is 33.9 Å². The molecule has 0 aliphatic carbocycles. The first-order valence-electron chi connectivity index (χ1n) is 25.0. The van der Waals surface area contributed by atoms with Crippen molar-refractivity contribution in [3.8, 4) is 0 Å². The Morgan fingerprint density at radius 2 is 0.407 bits per heavy atom. The molecule has 0 spiro atoms. The highest BCUT2D eigenvalue weighted by atomic mass is 16.4. The van der Waals surface area contributed by atoms with E-state index < -0.39 is 17.9 Å². The fourth-order valence-electron chi connectivity index (χ4n) is 5.16. The number of nitrogens with one attached hydrogen (secondary N) is 1. The molecule has 59 heavy (non-hydrogen) atoms. The third-order valence-electron chi connectivity index (χ3n) is 8.47. The minimum atomic E-state index is -0.833. The summed E-state index contributed by atoms with van der Waals surface area (Å²) in [5, 5.41) is 25.3. The van der Waals surface area contributed by atoms with E-state index in [1.807, 2.05) is 0 Å². The van der Waals surface area contributed by atoms with Crippen molar-refractivity contribution >= 4 is 17.9 Å². The maximum atomic E-state index is 9.00. The van der Waals surface area contributed by atoms with Crippen LogP contribution in [-0.2, 0) is 14.4 Å². The van der Waals surface area contributed by atoms with E-state index in [1.54, 1.807) is 0 Å². The van der Waals surface area contributed by atoms with Crippen LogP contribution in [0.1, 0.15) is 282 Å². The zero-order chi connectivity index (χ0) is 46.9. The van der Waals surface area contributed by atoms with Gasteiger partial charge in [-0.1, -0.05) is 261 Å². The molecule has 0 saturated heterocycles. The van der Waals surface area contributed by atoms with Crippen molar-refractivity contribution in [1.29, 1.82) is 0 Å². The molecule has 0 bridgehead atoms. The SMILES string of the molecule is CC(=O)O.CC(=O)O.CC(=O)O.CCCCCCCCCC.CCCCCCCCCC.CCCCCCCCCC.CCCCCCCCCC.NCCNCCN. The predicted octanol–water partition coefficient (Wildman–Crippen LogP) is 15.4. The molecule has 9 heteroatoms. The summed E-state index contributed by atoms with van der Waals surface area (Å²) in [5.74, 6) is -2.50. The Kier molecular flexibility index (Phi) is 111. The lowest BCUT2D eigenvalue weighted by molar-refractivity contribution is -0.135. The molecule has 364 valence electrons. The standard InChI is InChI=1S/4C10H22.C4H13N3.3C2H4O2/c4*1-3-5-7-9-10-8-6-4-2;5-1-3-7-4-2-6;3*1-2(3)4/h4*3-10H2,1-2H3;7H,1-6H2;3*1H3,(H,3,4). The van der Waals surface area contributed by atoms with E-state index in [-0.39, 0.29) is 0 Å². The Morgan fingerprint density at radius 1 is 0.305 bits per heavy atom. The fraction of sp³-hybridized carbons (Fsp3) is 0.940. The van der Waals surface area contributed by atoms with Gasteiger partial charge in [-0.25, -0.2) is 0 Å². The zero-order valence-electron chi connectivity index (χ0n) is 42.2. The summed E-state index contributed by atoms with van der Waals surface area (Å²) in [5.41, 5.74) is 10.3. The second-order valence-corrected chi connectivity index (χ2v) is 15.4. The summed E-state index contributed by atoms with van der Waals surface area (Å²) in [6.07, 6.45) is 45.8. The number of carboxylic acid groups (broad SMARTS) is 3. The van der Waals surface area contributed by atoms with Crippen molar-refractivity contribution in [2.45, 2.75) is 282 Å². The highest BCUT2D eigenvalue weighted by Gasteiger charge is 1.90. The lowest BCUT2D eigenvalue weighted by Gasteiger charge is -1.97. The van der Waals surface area contributed by atoms with Gasteiger partial charge < -0.3 is 32.1 Å². The number of hydrogen-bond donors (Lipinski definition) is 6. The topological polar surface area (TPSA) is 176 Å². The van der Waals surface area contributed by atoms with Gasteiger partial charge in [0.05, 0.1) is 0 Å². The normalized spacial score (nSPS) is 9.31. The van der Waals surface area contributed by atoms with E-state index in [2.05, 4.69) is 60.7 Å². The minimum Gasteiger partial charge on any atom is -0.481 e. The second kappa shape index (κ2) is 87.7. The summed E-state index contributed by atoms with van der Waals surface area (Å²) in [6.45, 7) is 24.5. The molecule has 0 aromatic carbocycles. The predicted molar refractivity (Wildman–Crippen MR) is 264 cm³/mol. The minimum absolute atomic E-state index is 0.694. The summed E-state index contributed by atoms with van der Waals surface area (Å²) < 4.78 is 0. The third kappa shape index (κ3) is 181. The van der Waals surface area contributed by atoms with Crippen molar-refractivity contribution in [3.05, 3.63) is 0 Å². The quantitative estimate of drug-likeness (QED) is 0.0360. The van der Waals surface area contributed by atoms with E-state index in [0.29, 0.717) is 13.1 Å². The van der Waals surface area contributed by atoms with Crippen LogP contribution >= 0.6 is 0 Å². The molecule has 0 saturated carbocycles. The smallest absolute Gasteiger partial charge is 0.300 e. The van der Waals surface area contributed by atoms with Crippen LogP contribution in [0.3, 0.4) is 0 Å². The van der Waals surface area contributed by atoms with E-state index in [9.17, 15) is 0 Å². The van der Waals surface area contributed by atoms with Gasteiger partial charge in [-0.05, 0) is 0 Å². The van der Waals surface area contributed by atoms with Gasteiger partial charge in [-0.3, -0.25) is 14.4 Å². The summed E-state index contributed by atoms with van der Waals surface area (Å²) >= 11 is 0. The molecule has 9 nitrogen and oxygen atoms in total. The van der Waals surface area contributed by atoms with Crippen molar-refractivity contribution in [3.63, 3.8) is 0 Å². The lowest BCUT2D eigenvalue weighted by Crippen LogP contribution is -2.27. The van der Waals surface area contributed by atoms with Gasteiger partial charge in [0.1, 0.15) is 0 Å². The Hall–Kier alpha value is -1.71. The Morgan fingerprint density at radius 3 is 0.492 bits per heavy atom. The van der Waals surface area contributed by atoms with Gasteiger partial charge in [-0.15, -0.1) is 0 Å². The number of nitrogens with two attached hydrogens (primary N) is 2. The number of hydrogen-bond acceptors (Lipinski definition) is 6. The van der Waals surface area contributed by atoms with Crippen LogP contribution in [0.25, 0.3) is 0 Å². The van der Waals surface area contributed by atoms with Gasteiger partial charge in [-0.2, -0.15) is 0 Å². The number of rotatable bonds is 32. The monoisotopic (exact) mass is 852 g/mol. The molecule has 0 heterocycles. The van der Waals surface area contributed by atoms with Crippen LogP contribution in [0, 0.1) is 0 Å². The Bertz CT molecular complexity index is 528. The van der Waals surface area contributed by atoms with E-state index in [4.69, 9.17) is 41.2 Å². The van der Waals surface area contributed by atoms with Crippen LogP contribution < -0.4 is 16.8 Å². The molecule has 0 aromatic heterocycles. The Labute approximate surface area is 371 Å². The molecule has 0 radical (unpaired) electrons. The molecule has 0 unspecified atom stereocenters. The first-order chi connectivity index (χ1) is 28.3. The first-order valence-corrected chi connectivity index (χ1v) is 25.0. The second-order valence-electron chi connectivity index (χ2n) is 15.4. The lowest BCUT2D eigenvalue weighted by atomic mass is 10.1. The molecular weight excluding hydrogens is 739 g/mol. The molecule has 8 N–H and O–H groups in total. The van der Waals surface area contributed by atoms with Crippen molar-refractivity contribution < 1.29 is 29.7 Å². The molecular formula is C50H113N3O6. The van der Waals surface area contributed by atoms with Gasteiger partial charge in [0.25, 0.3) is 17.9 Å². The molecule has 0 rings (SSSR count). The first kappa shape index (κ1) is 74.7. The average Bonchev–Trinajstić information content (AvgIpc) is 3.18. The average molecular weight is 852 g/mol. The van der Waals surface area contributed by atoms with Crippen LogP contribution in [0.2, 0.25) is 0 Å². The van der Waals surface area contributed by atoms with Crippen molar-refractivity contribution in [2.24, 2.45) is 11.5 Å². The summed E-state index contributed by atoms with van der Waals surface area (Å²) in [6, 6.07) is 0. The molecule has 0 amide bonds. The van der Waals surface area contributed by atoms with Gasteiger partial charge in [0, 0.05) is 47.0 Å². The zero-order valence-corrected chi connectivity index (χ0v) is 42.2. The van der Waals surface area contributed by atoms with Crippen LogP contribution in [0.4, 0.5) is 0 Å². The summed E-state index contributed by atoms with van der Waals surface area (Å²) in [4.78, 5) is 27.0. The number of carboxylic acids is 3.